The predicted molar refractivity (Wildman–Crippen MR) is 72.8 cm³/mol. The largest absolute Gasteiger partial charge is 0.349 e. The van der Waals surface area contributed by atoms with Gasteiger partial charge in [-0.3, -0.25) is 9.59 Å². The number of benzene rings is 1. The highest BCUT2D eigenvalue weighted by atomic mass is 32.2. The van der Waals surface area contributed by atoms with Gasteiger partial charge in [0, 0.05) is 18.0 Å². The number of carbonyl (C=O) groups is 2. The molecule has 0 spiro atoms. The number of nitrogens with zero attached hydrogens (tertiary/aromatic N) is 1. The molecule has 0 unspecified atom stereocenters. The number of hydrogen-bond acceptors (Lipinski definition) is 4. The van der Waals surface area contributed by atoms with Crippen LogP contribution >= 0.6 is 0 Å². The zero-order valence-electron chi connectivity index (χ0n) is 10.7. The van der Waals surface area contributed by atoms with Crippen LogP contribution in [0.15, 0.2) is 24.3 Å². The third-order valence-electron chi connectivity index (χ3n) is 3.36. The van der Waals surface area contributed by atoms with Gasteiger partial charge in [-0.05, 0) is 37.1 Å². The van der Waals surface area contributed by atoms with Crippen molar-refractivity contribution >= 4 is 27.5 Å². The standard InChI is InChI=1S/C13H14N2O4S/c16-12-7-8-20(18,19)15(12)11-5-1-9(2-6-11)13(17)14-10-3-4-10/h1-2,5-6,10H,3-4,7-8H2,(H,14,17). The van der Waals surface area contributed by atoms with Gasteiger partial charge in [0.05, 0.1) is 11.4 Å². The lowest BCUT2D eigenvalue weighted by molar-refractivity contribution is -0.116. The summed E-state index contributed by atoms with van der Waals surface area (Å²) in [6.45, 7) is 0. The summed E-state index contributed by atoms with van der Waals surface area (Å²) in [5.41, 5.74) is 0.750. The van der Waals surface area contributed by atoms with Crippen LogP contribution < -0.4 is 9.62 Å². The van der Waals surface area contributed by atoms with Gasteiger partial charge < -0.3 is 5.32 Å². The fourth-order valence-electron chi connectivity index (χ4n) is 2.11. The fraction of sp³-hybridized carbons (Fsp3) is 0.385. The quantitative estimate of drug-likeness (QED) is 0.887. The van der Waals surface area contributed by atoms with Gasteiger partial charge in [0.15, 0.2) is 0 Å². The molecule has 0 radical (unpaired) electrons. The molecule has 1 aliphatic heterocycles. The van der Waals surface area contributed by atoms with Gasteiger partial charge in [0.1, 0.15) is 0 Å². The van der Waals surface area contributed by atoms with Crippen molar-refractivity contribution in [1.82, 2.24) is 5.32 Å². The first kappa shape index (κ1) is 13.1. The molecular formula is C13H14N2O4S. The van der Waals surface area contributed by atoms with E-state index in [1.807, 2.05) is 0 Å². The second kappa shape index (κ2) is 4.59. The third-order valence-corrected chi connectivity index (χ3v) is 5.05. The first-order chi connectivity index (χ1) is 9.47. The van der Waals surface area contributed by atoms with E-state index in [9.17, 15) is 18.0 Å². The molecule has 0 aromatic heterocycles. The second-order valence-electron chi connectivity index (χ2n) is 5.02. The van der Waals surface area contributed by atoms with Gasteiger partial charge in [0.25, 0.3) is 5.91 Å². The zero-order chi connectivity index (χ0) is 14.3. The zero-order valence-corrected chi connectivity index (χ0v) is 11.5. The van der Waals surface area contributed by atoms with Crippen molar-refractivity contribution in [3.63, 3.8) is 0 Å². The number of amides is 2. The van der Waals surface area contributed by atoms with E-state index >= 15 is 0 Å². The maximum atomic E-state index is 11.8. The summed E-state index contributed by atoms with van der Waals surface area (Å²) in [5, 5.41) is 2.85. The molecule has 20 heavy (non-hydrogen) atoms. The summed E-state index contributed by atoms with van der Waals surface area (Å²) in [6, 6.07) is 6.32. The molecule has 0 atom stereocenters. The lowest BCUT2D eigenvalue weighted by Gasteiger charge is -2.15. The Balaban J connectivity index is 1.82. The van der Waals surface area contributed by atoms with Gasteiger partial charge in [-0.1, -0.05) is 0 Å². The Labute approximate surface area is 116 Å². The smallest absolute Gasteiger partial charge is 0.251 e. The van der Waals surface area contributed by atoms with Gasteiger partial charge in [-0.2, -0.15) is 0 Å². The van der Waals surface area contributed by atoms with Crippen LogP contribution in [-0.4, -0.2) is 32.0 Å². The highest BCUT2D eigenvalue weighted by Crippen LogP contribution is 2.25. The molecule has 106 valence electrons. The number of rotatable bonds is 3. The molecule has 3 rings (SSSR count). The number of anilines is 1. The van der Waals surface area contributed by atoms with Crippen molar-refractivity contribution in [3.8, 4) is 0 Å². The van der Waals surface area contributed by atoms with Crippen molar-refractivity contribution < 1.29 is 18.0 Å². The second-order valence-corrected chi connectivity index (χ2v) is 6.96. The summed E-state index contributed by atoms with van der Waals surface area (Å²) >= 11 is 0. The first-order valence-corrected chi connectivity index (χ1v) is 8.05. The molecule has 1 aromatic rings. The van der Waals surface area contributed by atoms with Crippen molar-refractivity contribution in [1.29, 1.82) is 0 Å². The Morgan fingerprint density at radius 1 is 1.20 bits per heavy atom. The Hall–Kier alpha value is -1.89. The van der Waals surface area contributed by atoms with E-state index in [1.54, 1.807) is 0 Å². The average Bonchev–Trinajstić information content (AvgIpc) is 3.16. The molecule has 1 N–H and O–H groups in total. The number of hydrogen-bond donors (Lipinski definition) is 1. The van der Waals surface area contributed by atoms with Gasteiger partial charge in [-0.25, -0.2) is 12.7 Å². The number of carbonyl (C=O) groups excluding carboxylic acids is 2. The van der Waals surface area contributed by atoms with Crippen LogP contribution in [0, 0.1) is 0 Å². The maximum absolute atomic E-state index is 11.8. The topological polar surface area (TPSA) is 83.6 Å². The van der Waals surface area contributed by atoms with E-state index in [1.165, 1.54) is 24.3 Å². The van der Waals surface area contributed by atoms with E-state index in [0.717, 1.165) is 17.1 Å². The minimum absolute atomic E-state index is 0.00620. The molecule has 1 aromatic carbocycles. The summed E-state index contributed by atoms with van der Waals surface area (Å²) < 4.78 is 24.4. The summed E-state index contributed by atoms with van der Waals surface area (Å²) in [5.74, 6) is -0.759. The molecule has 2 amide bonds. The highest BCUT2D eigenvalue weighted by molar-refractivity contribution is 7.94. The molecule has 0 bridgehead atoms. The van der Waals surface area contributed by atoms with Gasteiger partial charge >= 0.3 is 0 Å². The molecule has 1 saturated heterocycles. The minimum Gasteiger partial charge on any atom is -0.349 e. The van der Waals surface area contributed by atoms with E-state index in [2.05, 4.69) is 5.32 Å². The van der Waals surface area contributed by atoms with Crippen molar-refractivity contribution in [2.24, 2.45) is 0 Å². The van der Waals surface area contributed by atoms with E-state index in [-0.39, 0.29) is 29.8 Å². The molecule has 1 saturated carbocycles. The predicted octanol–water partition coefficient (Wildman–Crippen LogP) is 0.645. The Morgan fingerprint density at radius 2 is 1.85 bits per heavy atom. The third kappa shape index (κ3) is 2.40. The molecule has 1 aliphatic carbocycles. The lowest BCUT2D eigenvalue weighted by Crippen LogP contribution is -2.29. The Morgan fingerprint density at radius 3 is 2.35 bits per heavy atom. The number of nitrogens with one attached hydrogen (secondary N) is 1. The fourth-order valence-corrected chi connectivity index (χ4v) is 3.57. The molecule has 1 heterocycles. The highest BCUT2D eigenvalue weighted by Gasteiger charge is 2.36. The van der Waals surface area contributed by atoms with Crippen molar-refractivity contribution in [2.45, 2.75) is 25.3 Å². The Bertz CT molecular complexity index is 662. The molecule has 2 aliphatic rings. The van der Waals surface area contributed by atoms with Crippen LogP contribution in [0.25, 0.3) is 0 Å². The molecule has 6 nitrogen and oxygen atoms in total. The van der Waals surface area contributed by atoms with Crippen LogP contribution in [0.4, 0.5) is 5.69 Å². The summed E-state index contributed by atoms with van der Waals surface area (Å²) in [7, 11) is -3.55. The molecule has 2 fully saturated rings. The van der Waals surface area contributed by atoms with E-state index < -0.39 is 15.9 Å². The van der Waals surface area contributed by atoms with Crippen LogP contribution in [0.5, 0.6) is 0 Å². The summed E-state index contributed by atoms with van der Waals surface area (Å²) in [6.07, 6.45) is 2.01. The maximum Gasteiger partial charge on any atom is 0.251 e. The van der Waals surface area contributed by atoms with Crippen LogP contribution in [0.2, 0.25) is 0 Å². The van der Waals surface area contributed by atoms with E-state index in [4.69, 9.17) is 0 Å². The number of sulfonamides is 1. The normalized spacial score (nSPS) is 21.0. The Kier molecular flexibility index (Phi) is 3.01. The molecular weight excluding hydrogens is 280 g/mol. The van der Waals surface area contributed by atoms with Crippen LogP contribution in [0.1, 0.15) is 29.6 Å². The summed E-state index contributed by atoms with van der Waals surface area (Å²) in [4.78, 5) is 23.4. The van der Waals surface area contributed by atoms with Gasteiger partial charge in [0.2, 0.25) is 15.9 Å². The molecule has 7 heteroatoms. The lowest BCUT2D eigenvalue weighted by atomic mass is 10.2. The van der Waals surface area contributed by atoms with Crippen molar-refractivity contribution in [2.75, 3.05) is 10.1 Å². The van der Waals surface area contributed by atoms with Crippen LogP contribution in [0.3, 0.4) is 0 Å². The average molecular weight is 294 g/mol. The SMILES string of the molecule is O=C(NC1CC1)c1ccc(N2C(=O)CCS2(=O)=O)cc1. The minimum atomic E-state index is -3.55. The van der Waals surface area contributed by atoms with Crippen LogP contribution in [-0.2, 0) is 14.8 Å². The van der Waals surface area contributed by atoms with Gasteiger partial charge in [-0.15, -0.1) is 0 Å². The first-order valence-electron chi connectivity index (χ1n) is 6.44. The van der Waals surface area contributed by atoms with E-state index in [0.29, 0.717) is 5.56 Å². The van der Waals surface area contributed by atoms with Crippen molar-refractivity contribution in [3.05, 3.63) is 29.8 Å². The monoisotopic (exact) mass is 294 g/mol.